The van der Waals surface area contributed by atoms with Gasteiger partial charge in [0.05, 0.1) is 24.8 Å². The summed E-state index contributed by atoms with van der Waals surface area (Å²) in [6, 6.07) is 11.2. The molecule has 0 bridgehead atoms. The summed E-state index contributed by atoms with van der Waals surface area (Å²) in [5.41, 5.74) is 1.71. The largest absolute Gasteiger partial charge is 0.481 e. The second-order valence-corrected chi connectivity index (χ2v) is 4.02. The van der Waals surface area contributed by atoms with Crippen LogP contribution in [-0.2, 0) is 0 Å². The molecule has 1 atom stereocenters. The first-order valence-corrected chi connectivity index (χ1v) is 5.86. The first-order valence-electron chi connectivity index (χ1n) is 5.86. The second-order valence-electron chi connectivity index (χ2n) is 4.02. The van der Waals surface area contributed by atoms with Crippen molar-refractivity contribution < 1.29 is 4.74 Å². The molecule has 0 spiro atoms. The fourth-order valence-electron chi connectivity index (χ4n) is 1.65. The van der Waals surface area contributed by atoms with E-state index in [4.69, 9.17) is 10.00 Å². The zero-order valence-electron chi connectivity index (χ0n) is 10.8. The SMILES string of the molecule is COc1ccnc(NC(C)c2ccc(C#N)cc2)n1. The van der Waals surface area contributed by atoms with Crippen LogP contribution in [0.1, 0.15) is 24.1 Å². The molecule has 0 fully saturated rings. The molecule has 5 heteroatoms. The average molecular weight is 254 g/mol. The Bertz CT molecular complexity index is 589. The summed E-state index contributed by atoms with van der Waals surface area (Å²) >= 11 is 0. The van der Waals surface area contributed by atoms with Crippen LogP contribution in [0.3, 0.4) is 0 Å². The highest BCUT2D eigenvalue weighted by Gasteiger charge is 2.07. The third-order valence-electron chi connectivity index (χ3n) is 2.72. The minimum atomic E-state index is 0.0415. The molecule has 1 N–H and O–H groups in total. The van der Waals surface area contributed by atoms with Gasteiger partial charge in [-0.05, 0) is 24.6 Å². The zero-order chi connectivity index (χ0) is 13.7. The van der Waals surface area contributed by atoms with Gasteiger partial charge in [-0.2, -0.15) is 10.2 Å². The molecule has 2 rings (SSSR count). The summed E-state index contributed by atoms with van der Waals surface area (Å²) < 4.78 is 5.05. The van der Waals surface area contributed by atoms with Gasteiger partial charge in [0.1, 0.15) is 0 Å². The number of aromatic nitrogens is 2. The number of rotatable bonds is 4. The van der Waals surface area contributed by atoms with Crippen LogP contribution < -0.4 is 10.1 Å². The summed E-state index contributed by atoms with van der Waals surface area (Å²) in [6.45, 7) is 2.00. The van der Waals surface area contributed by atoms with Crippen LogP contribution in [0.2, 0.25) is 0 Å². The van der Waals surface area contributed by atoms with Gasteiger partial charge in [-0.3, -0.25) is 0 Å². The summed E-state index contributed by atoms with van der Waals surface area (Å²) in [7, 11) is 1.57. The van der Waals surface area contributed by atoms with Crippen molar-refractivity contribution in [2.45, 2.75) is 13.0 Å². The lowest BCUT2D eigenvalue weighted by atomic mass is 10.1. The summed E-state index contributed by atoms with van der Waals surface area (Å²) in [4.78, 5) is 8.33. The smallest absolute Gasteiger partial charge is 0.226 e. The fourth-order valence-corrected chi connectivity index (χ4v) is 1.65. The van der Waals surface area contributed by atoms with Crippen LogP contribution in [0.4, 0.5) is 5.95 Å². The fraction of sp³-hybridized carbons (Fsp3) is 0.214. The van der Waals surface area contributed by atoms with Gasteiger partial charge in [-0.15, -0.1) is 0 Å². The Morgan fingerprint density at radius 2 is 2.00 bits per heavy atom. The highest BCUT2D eigenvalue weighted by molar-refractivity contribution is 5.37. The Morgan fingerprint density at radius 1 is 1.26 bits per heavy atom. The molecule has 1 aromatic heterocycles. The van der Waals surface area contributed by atoms with E-state index in [2.05, 4.69) is 21.4 Å². The minimum Gasteiger partial charge on any atom is -0.481 e. The van der Waals surface area contributed by atoms with Crippen LogP contribution in [0.25, 0.3) is 0 Å². The standard InChI is InChI=1S/C14H14N4O/c1-10(12-5-3-11(9-15)4-6-12)17-14-16-8-7-13(18-14)19-2/h3-8,10H,1-2H3,(H,16,17,18). The van der Waals surface area contributed by atoms with E-state index in [0.717, 1.165) is 5.56 Å². The number of hydrogen-bond donors (Lipinski definition) is 1. The van der Waals surface area contributed by atoms with Gasteiger partial charge in [0.2, 0.25) is 11.8 Å². The topological polar surface area (TPSA) is 70.8 Å². The van der Waals surface area contributed by atoms with Crippen molar-refractivity contribution in [3.8, 4) is 11.9 Å². The molecule has 0 saturated heterocycles. The van der Waals surface area contributed by atoms with Crippen molar-refractivity contribution in [3.63, 3.8) is 0 Å². The number of nitrogens with zero attached hydrogens (tertiary/aromatic N) is 3. The van der Waals surface area contributed by atoms with Gasteiger partial charge in [0, 0.05) is 12.3 Å². The molecule has 2 aromatic rings. The third-order valence-corrected chi connectivity index (χ3v) is 2.72. The van der Waals surface area contributed by atoms with Gasteiger partial charge < -0.3 is 10.1 Å². The van der Waals surface area contributed by atoms with Crippen molar-refractivity contribution in [2.75, 3.05) is 12.4 Å². The first-order chi connectivity index (χ1) is 9.22. The summed E-state index contributed by atoms with van der Waals surface area (Å²) in [5, 5.41) is 11.9. The number of nitrogens with one attached hydrogen (secondary N) is 1. The lowest BCUT2D eigenvalue weighted by Crippen LogP contribution is -2.09. The van der Waals surface area contributed by atoms with Gasteiger partial charge >= 0.3 is 0 Å². The van der Waals surface area contributed by atoms with Crippen molar-refractivity contribution >= 4 is 5.95 Å². The highest BCUT2D eigenvalue weighted by atomic mass is 16.5. The van der Waals surface area contributed by atoms with Crippen molar-refractivity contribution in [1.82, 2.24) is 9.97 Å². The second kappa shape index (κ2) is 5.83. The van der Waals surface area contributed by atoms with Gasteiger partial charge in [-0.25, -0.2) is 4.98 Å². The zero-order valence-corrected chi connectivity index (χ0v) is 10.8. The molecule has 0 aliphatic rings. The molecule has 1 heterocycles. The van der Waals surface area contributed by atoms with Crippen LogP contribution in [-0.4, -0.2) is 17.1 Å². The highest BCUT2D eigenvalue weighted by Crippen LogP contribution is 2.18. The summed E-state index contributed by atoms with van der Waals surface area (Å²) in [6.07, 6.45) is 1.64. The van der Waals surface area contributed by atoms with Gasteiger partial charge in [-0.1, -0.05) is 12.1 Å². The van der Waals surface area contributed by atoms with E-state index < -0.39 is 0 Å². The maximum absolute atomic E-state index is 8.76. The molecule has 1 aromatic carbocycles. The molecule has 96 valence electrons. The first kappa shape index (κ1) is 12.8. The Labute approximate surface area is 111 Å². The van der Waals surface area contributed by atoms with Crippen LogP contribution in [0.5, 0.6) is 5.88 Å². The van der Waals surface area contributed by atoms with Crippen LogP contribution in [0, 0.1) is 11.3 Å². The Morgan fingerprint density at radius 3 is 2.63 bits per heavy atom. The van der Waals surface area contributed by atoms with E-state index >= 15 is 0 Å². The number of nitriles is 1. The molecule has 0 aliphatic heterocycles. The lowest BCUT2D eigenvalue weighted by molar-refractivity contribution is 0.397. The van der Waals surface area contributed by atoms with E-state index in [1.54, 1.807) is 31.5 Å². The van der Waals surface area contributed by atoms with Crippen molar-refractivity contribution in [1.29, 1.82) is 5.26 Å². The number of anilines is 1. The lowest BCUT2D eigenvalue weighted by Gasteiger charge is -2.14. The molecule has 0 amide bonds. The minimum absolute atomic E-state index is 0.0415. The maximum atomic E-state index is 8.76. The molecule has 5 nitrogen and oxygen atoms in total. The predicted octanol–water partition coefficient (Wildman–Crippen LogP) is 2.53. The van der Waals surface area contributed by atoms with E-state index in [-0.39, 0.29) is 6.04 Å². The molecule has 1 unspecified atom stereocenters. The number of methoxy groups -OCH3 is 1. The average Bonchev–Trinajstić information content (AvgIpc) is 2.47. The Balaban J connectivity index is 2.11. The normalized spacial score (nSPS) is 11.4. The molecule has 0 aliphatic carbocycles. The number of benzene rings is 1. The van der Waals surface area contributed by atoms with E-state index in [9.17, 15) is 0 Å². The summed E-state index contributed by atoms with van der Waals surface area (Å²) in [5.74, 6) is 1.03. The van der Waals surface area contributed by atoms with Gasteiger partial charge in [0.15, 0.2) is 0 Å². The molecular weight excluding hydrogens is 240 g/mol. The Hall–Kier alpha value is -2.61. The predicted molar refractivity (Wildman–Crippen MR) is 71.8 cm³/mol. The van der Waals surface area contributed by atoms with Crippen LogP contribution >= 0.6 is 0 Å². The maximum Gasteiger partial charge on any atom is 0.226 e. The number of ether oxygens (including phenoxy) is 1. The monoisotopic (exact) mass is 254 g/mol. The van der Waals surface area contributed by atoms with Crippen molar-refractivity contribution in [2.24, 2.45) is 0 Å². The molecule has 19 heavy (non-hydrogen) atoms. The third kappa shape index (κ3) is 3.19. The molecular formula is C14H14N4O. The van der Waals surface area contributed by atoms with Crippen molar-refractivity contribution in [3.05, 3.63) is 47.7 Å². The van der Waals surface area contributed by atoms with E-state index in [0.29, 0.717) is 17.4 Å². The number of hydrogen-bond acceptors (Lipinski definition) is 5. The van der Waals surface area contributed by atoms with E-state index in [1.165, 1.54) is 0 Å². The molecule has 0 saturated carbocycles. The van der Waals surface area contributed by atoms with E-state index in [1.807, 2.05) is 19.1 Å². The van der Waals surface area contributed by atoms with Gasteiger partial charge in [0.25, 0.3) is 0 Å². The quantitative estimate of drug-likeness (QED) is 0.907. The molecule has 0 radical (unpaired) electrons. The Kier molecular flexibility index (Phi) is 3.94. The van der Waals surface area contributed by atoms with Crippen LogP contribution in [0.15, 0.2) is 36.5 Å².